The Kier molecular flexibility index (Phi) is 6.21. The van der Waals surface area contributed by atoms with E-state index in [1.54, 1.807) is 5.57 Å². The Balaban J connectivity index is 0.00000112. The van der Waals surface area contributed by atoms with Crippen molar-refractivity contribution in [2.75, 3.05) is 0 Å². The summed E-state index contributed by atoms with van der Waals surface area (Å²) in [5.74, 6) is 2.48. The first kappa shape index (κ1) is 22.4. The fourth-order valence-electron chi connectivity index (χ4n) is 7.68. The lowest BCUT2D eigenvalue weighted by atomic mass is 9.48. The van der Waals surface area contributed by atoms with Gasteiger partial charge in [-0.3, -0.25) is 0 Å². The Morgan fingerprint density at radius 1 is 1.06 bits per heavy atom. The lowest BCUT2D eigenvalue weighted by Gasteiger charge is -2.57. The molecule has 2 nitrogen and oxygen atoms in total. The van der Waals surface area contributed by atoms with Crippen LogP contribution in [-0.4, -0.2) is 9.55 Å². The molecule has 31 heavy (non-hydrogen) atoms. The van der Waals surface area contributed by atoms with Gasteiger partial charge in [-0.15, -0.1) is 0 Å². The highest BCUT2D eigenvalue weighted by atomic mass is 15.1. The van der Waals surface area contributed by atoms with Gasteiger partial charge in [0.2, 0.25) is 0 Å². The molecule has 0 bridgehead atoms. The Bertz CT molecular complexity index is 1010. The smallest absolute Gasteiger partial charge is 0.100 e. The molecule has 5 rings (SSSR count). The summed E-state index contributed by atoms with van der Waals surface area (Å²) in [5, 5.41) is 2.24. The minimum Gasteiger partial charge on any atom is -0.302 e. The first-order valence-electron chi connectivity index (χ1n) is 12.8. The van der Waals surface area contributed by atoms with Crippen LogP contribution in [-0.2, 0) is 0 Å². The van der Waals surface area contributed by atoms with Gasteiger partial charge >= 0.3 is 0 Å². The van der Waals surface area contributed by atoms with Crippen LogP contribution in [0.25, 0.3) is 17.8 Å². The van der Waals surface area contributed by atoms with Crippen LogP contribution < -0.4 is 10.7 Å². The summed E-state index contributed by atoms with van der Waals surface area (Å²) in [4.78, 5) is 4.69. The molecule has 4 aliphatic rings. The molecule has 2 saturated carbocycles. The van der Waals surface area contributed by atoms with Gasteiger partial charge in [0.05, 0.1) is 10.7 Å². The van der Waals surface area contributed by atoms with Crippen molar-refractivity contribution in [1.82, 2.24) is 9.55 Å². The monoisotopic (exact) mass is 418 g/mol. The van der Waals surface area contributed by atoms with Gasteiger partial charge in [0.1, 0.15) is 6.33 Å². The van der Waals surface area contributed by atoms with Gasteiger partial charge in [0.15, 0.2) is 0 Å². The number of allylic oxidation sites excluding steroid dienone is 5. The summed E-state index contributed by atoms with van der Waals surface area (Å²) in [6, 6.07) is 0. The number of imidazole rings is 1. The molecular weight excluding hydrogens is 376 g/mol. The van der Waals surface area contributed by atoms with Crippen LogP contribution in [0.5, 0.6) is 0 Å². The predicted molar refractivity (Wildman–Crippen MR) is 134 cm³/mol. The van der Waals surface area contributed by atoms with E-state index in [9.17, 15) is 0 Å². The van der Waals surface area contributed by atoms with E-state index in [1.807, 2.05) is 26.3 Å². The lowest BCUT2D eigenvalue weighted by Crippen LogP contribution is -2.49. The predicted octanol–water partition coefficient (Wildman–Crippen LogP) is 6.48. The first-order chi connectivity index (χ1) is 15.0. The van der Waals surface area contributed by atoms with Crippen molar-refractivity contribution < 1.29 is 0 Å². The quantitative estimate of drug-likeness (QED) is 0.503. The van der Waals surface area contributed by atoms with Crippen LogP contribution in [0.4, 0.5) is 0 Å². The molecule has 0 N–H and O–H groups in total. The van der Waals surface area contributed by atoms with E-state index in [4.69, 9.17) is 4.98 Å². The maximum absolute atomic E-state index is 4.69. The first-order valence-corrected chi connectivity index (χ1v) is 12.8. The van der Waals surface area contributed by atoms with Crippen LogP contribution in [0.2, 0.25) is 0 Å². The maximum Gasteiger partial charge on any atom is 0.100 e. The maximum atomic E-state index is 4.69. The molecule has 2 fully saturated rings. The van der Waals surface area contributed by atoms with Gasteiger partial charge in [0, 0.05) is 11.1 Å². The third kappa shape index (κ3) is 3.33. The third-order valence-electron chi connectivity index (χ3n) is 9.20. The van der Waals surface area contributed by atoms with Gasteiger partial charge in [-0.25, -0.2) is 4.98 Å². The second-order valence-corrected chi connectivity index (χ2v) is 10.3. The average Bonchev–Trinajstić information content (AvgIpc) is 3.34. The number of hydrogen-bond acceptors (Lipinski definition) is 1. The SMILES string of the molecule is C=C/C=c1\c(=C/C)ncn1C1=CCC2C3CC=C4CCCCC4(C)C3CCC12C.CC. The van der Waals surface area contributed by atoms with E-state index >= 15 is 0 Å². The molecule has 0 saturated heterocycles. The lowest BCUT2D eigenvalue weighted by molar-refractivity contribution is -0.0113. The molecule has 0 aliphatic heterocycles. The normalized spacial score (nSPS) is 37.6. The summed E-state index contributed by atoms with van der Waals surface area (Å²) >= 11 is 0. The molecule has 1 heterocycles. The van der Waals surface area contributed by atoms with Crippen LogP contribution in [0.3, 0.4) is 0 Å². The molecule has 5 unspecified atom stereocenters. The number of aromatic nitrogens is 2. The molecule has 1 aromatic rings. The summed E-state index contributed by atoms with van der Waals surface area (Å²) in [6.07, 6.45) is 24.2. The highest BCUT2D eigenvalue weighted by molar-refractivity contribution is 5.58. The van der Waals surface area contributed by atoms with Crippen LogP contribution in [0.15, 0.2) is 36.7 Å². The molecule has 1 aromatic heterocycles. The van der Waals surface area contributed by atoms with E-state index < -0.39 is 0 Å². The minimum absolute atomic E-state index is 0.257. The van der Waals surface area contributed by atoms with Crippen molar-refractivity contribution in [1.29, 1.82) is 0 Å². The number of rotatable bonds is 2. The van der Waals surface area contributed by atoms with Crippen molar-refractivity contribution >= 4 is 17.8 Å². The average molecular weight is 419 g/mol. The molecule has 4 aliphatic carbocycles. The second-order valence-electron chi connectivity index (χ2n) is 10.3. The Morgan fingerprint density at radius 3 is 2.61 bits per heavy atom. The highest BCUT2D eigenvalue weighted by Gasteiger charge is 2.56. The minimum atomic E-state index is 0.257. The van der Waals surface area contributed by atoms with Crippen molar-refractivity contribution in [3.05, 3.63) is 47.4 Å². The summed E-state index contributed by atoms with van der Waals surface area (Å²) in [7, 11) is 0. The summed E-state index contributed by atoms with van der Waals surface area (Å²) < 4.78 is 2.36. The van der Waals surface area contributed by atoms with Crippen molar-refractivity contribution in [3.8, 4) is 0 Å². The Labute approximate surface area is 189 Å². The van der Waals surface area contributed by atoms with E-state index in [0.29, 0.717) is 5.41 Å². The highest BCUT2D eigenvalue weighted by Crippen LogP contribution is 2.65. The van der Waals surface area contributed by atoms with E-state index in [1.165, 1.54) is 62.4 Å². The van der Waals surface area contributed by atoms with Crippen LogP contribution >= 0.6 is 0 Å². The molecule has 0 aromatic carbocycles. The number of nitrogens with zero attached hydrogens (tertiary/aromatic N) is 2. The molecule has 0 spiro atoms. The molecule has 0 radical (unpaired) electrons. The summed E-state index contributed by atoms with van der Waals surface area (Å²) in [5.41, 5.74) is 4.03. The standard InChI is InChI=1S/C27H36N2.C2H6/c1-5-9-24-23(6-2)28-18-29(24)25-14-13-21-20-12-11-19-10-7-8-16-26(19,3)22(20)15-17-27(21,25)4;1-2/h5-6,9,11,14,18,20-22H,1,7-8,10,12-13,15-17H2,2-4H3;1-2H3/b23-6+,24-9+;. The molecule has 5 atom stereocenters. The van der Waals surface area contributed by atoms with Crippen LogP contribution in [0.1, 0.15) is 86.0 Å². The molecule has 168 valence electrons. The Hall–Kier alpha value is -1.83. The zero-order valence-corrected chi connectivity index (χ0v) is 20.5. The van der Waals surface area contributed by atoms with E-state index in [0.717, 1.165) is 23.1 Å². The topological polar surface area (TPSA) is 17.8 Å². The molecular formula is C29H42N2. The fraction of sp³-hybridized carbons (Fsp3) is 0.621. The largest absolute Gasteiger partial charge is 0.302 e. The number of fused-ring (bicyclic) bond motifs is 5. The molecule has 2 heteroatoms. The summed E-state index contributed by atoms with van der Waals surface area (Å²) in [6.45, 7) is 15.2. The second kappa shape index (κ2) is 8.60. The van der Waals surface area contributed by atoms with Gasteiger partial charge in [0.25, 0.3) is 0 Å². The van der Waals surface area contributed by atoms with Gasteiger partial charge < -0.3 is 4.57 Å². The van der Waals surface area contributed by atoms with Crippen LogP contribution in [0, 0.1) is 28.6 Å². The zero-order valence-electron chi connectivity index (χ0n) is 20.5. The van der Waals surface area contributed by atoms with Crippen molar-refractivity contribution in [2.45, 2.75) is 86.0 Å². The van der Waals surface area contributed by atoms with Crippen molar-refractivity contribution in [3.63, 3.8) is 0 Å². The van der Waals surface area contributed by atoms with Crippen molar-refractivity contribution in [2.24, 2.45) is 28.6 Å². The zero-order chi connectivity index (χ0) is 22.2. The van der Waals surface area contributed by atoms with Gasteiger partial charge in [-0.2, -0.15) is 0 Å². The van der Waals surface area contributed by atoms with E-state index in [-0.39, 0.29) is 5.41 Å². The Morgan fingerprint density at radius 2 is 1.87 bits per heavy atom. The third-order valence-corrected chi connectivity index (χ3v) is 9.20. The van der Waals surface area contributed by atoms with Gasteiger partial charge in [-0.1, -0.05) is 70.6 Å². The van der Waals surface area contributed by atoms with E-state index in [2.05, 4.69) is 56.2 Å². The molecule has 0 amide bonds. The fourth-order valence-corrected chi connectivity index (χ4v) is 7.68. The van der Waals surface area contributed by atoms with Gasteiger partial charge in [-0.05, 0) is 81.1 Å². The number of hydrogen-bond donors (Lipinski definition) is 0.